The maximum atomic E-state index is 13.4. The SMILES string of the molecule is C#CCC(N)c1cccc(C)c1F. The Morgan fingerprint density at radius 3 is 2.92 bits per heavy atom. The number of aryl methyl sites for hydroxylation is 1. The average Bonchev–Trinajstić information content (AvgIpc) is 2.10. The summed E-state index contributed by atoms with van der Waals surface area (Å²) in [7, 11) is 0. The van der Waals surface area contributed by atoms with Crippen LogP contribution < -0.4 is 5.73 Å². The first kappa shape index (κ1) is 9.76. The molecule has 1 rings (SSSR count). The van der Waals surface area contributed by atoms with E-state index in [0.717, 1.165) is 0 Å². The van der Waals surface area contributed by atoms with Crippen LogP contribution in [-0.2, 0) is 0 Å². The van der Waals surface area contributed by atoms with Gasteiger partial charge in [-0.2, -0.15) is 0 Å². The molecule has 0 fully saturated rings. The van der Waals surface area contributed by atoms with Crippen molar-refractivity contribution in [2.45, 2.75) is 19.4 Å². The highest BCUT2D eigenvalue weighted by atomic mass is 19.1. The van der Waals surface area contributed by atoms with Crippen molar-refractivity contribution >= 4 is 0 Å². The van der Waals surface area contributed by atoms with Gasteiger partial charge in [-0.05, 0) is 12.5 Å². The molecule has 0 bridgehead atoms. The number of benzene rings is 1. The molecule has 2 heteroatoms. The molecular formula is C11H12FN. The molecule has 68 valence electrons. The van der Waals surface area contributed by atoms with Gasteiger partial charge in [0, 0.05) is 18.0 Å². The normalized spacial score (nSPS) is 12.2. The van der Waals surface area contributed by atoms with Gasteiger partial charge in [0.15, 0.2) is 0 Å². The molecule has 13 heavy (non-hydrogen) atoms. The van der Waals surface area contributed by atoms with E-state index >= 15 is 0 Å². The zero-order valence-electron chi connectivity index (χ0n) is 7.55. The molecule has 1 unspecified atom stereocenters. The molecule has 1 aromatic carbocycles. The first-order valence-corrected chi connectivity index (χ1v) is 4.11. The second kappa shape index (κ2) is 4.06. The van der Waals surface area contributed by atoms with Crippen LogP contribution in [-0.4, -0.2) is 0 Å². The molecule has 0 spiro atoms. The summed E-state index contributed by atoms with van der Waals surface area (Å²) in [6.45, 7) is 1.71. The second-order valence-electron chi connectivity index (χ2n) is 2.99. The minimum Gasteiger partial charge on any atom is -0.323 e. The number of rotatable bonds is 2. The van der Waals surface area contributed by atoms with Crippen LogP contribution in [0.1, 0.15) is 23.6 Å². The van der Waals surface area contributed by atoms with Crippen molar-refractivity contribution in [1.29, 1.82) is 0 Å². The predicted molar refractivity (Wildman–Crippen MR) is 51.5 cm³/mol. The third-order valence-electron chi connectivity index (χ3n) is 1.96. The van der Waals surface area contributed by atoms with E-state index in [1.165, 1.54) is 0 Å². The van der Waals surface area contributed by atoms with Crippen LogP contribution in [0.5, 0.6) is 0 Å². The zero-order chi connectivity index (χ0) is 9.84. The lowest BCUT2D eigenvalue weighted by molar-refractivity contribution is 0.578. The van der Waals surface area contributed by atoms with Crippen molar-refractivity contribution in [3.05, 3.63) is 35.1 Å². The number of terminal acetylenes is 1. The Hall–Kier alpha value is -1.33. The Balaban J connectivity index is 3.02. The number of halogens is 1. The molecule has 1 nitrogen and oxygen atoms in total. The number of hydrogen-bond acceptors (Lipinski definition) is 1. The summed E-state index contributed by atoms with van der Waals surface area (Å²) >= 11 is 0. The fourth-order valence-electron chi connectivity index (χ4n) is 1.19. The summed E-state index contributed by atoms with van der Waals surface area (Å²) in [6, 6.07) is 4.76. The Bertz CT molecular complexity index is 338. The van der Waals surface area contributed by atoms with E-state index in [0.29, 0.717) is 17.5 Å². The quantitative estimate of drug-likeness (QED) is 0.688. The Kier molecular flexibility index (Phi) is 3.05. The average molecular weight is 177 g/mol. The molecule has 0 radical (unpaired) electrons. The molecule has 0 aromatic heterocycles. The van der Waals surface area contributed by atoms with E-state index in [1.807, 2.05) is 0 Å². The lowest BCUT2D eigenvalue weighted by Crippen LogP contribution is -2.11. The van der Waals surface area contributed by atoms with Gasteiger partial charge in [-0.15, -0.1) is 12.3 Å². The van der Waals surface area contributed by atoms with Gasteiger partial charge >= 0.3 is 0 Å². The zero-order valence-corrected chi connectivity index (χ0v) is 7.55. The van der Waals surface area contributed by atoms with Crippen molar-refractivity contribution in [2.75, 3.05) is 0 Å². The summed E-state index contributed by atoms with van der Waals surface area (Å²) in [5, 5.41) is 0. The smallest absolute Gasteiger partial charge is 0.130 e. The second-order valence-corrected chi connectivity index (χ2v) is 2.99. The Morgan fingerprint density at radius 2 is 2.31 bits per heavy atom. The molecule has 0 heterocycles. The van der Waals surface area contributed by atoms with Crippen molar-refractivity contribution in [2.24, 2.45) is 5.73 Å². The van der Waals surface area contributed by atoms with Gasteiger partial charge in [0.05, 0.1) is 0 Å². The molecule has 0 amide bonds. The van der Waals surface area contributed by atoms with Gasteiger partial charge in [0.2, 0.25) is 0 Å². The maximum absolute atomic E-state index is 13.4. The molecule has 0 saturated heterocycles. The van der Waals surface area contributed by atoms with E-state index in [-0.39, 0.29) is 5.82 Å². The standard InChI is InChI=1S/C11H12FN/c1-3-5-10(13)9-7-4-6-8(2)11(9)12/h1,4,6-7,10H,5,13H2,2H3. The van der Waals surface area contributed by atoms with Crippen LogP contribution in [0, 0.1) is 25.1 Å². The van der Waals surface area contributed by atoms with Crippen molar-refractivity contribution in [3.8, 4) is 12.3 Å². The summed E-state index contributed by atoms with van der Waals surface area (Å²) in [6.07, 6.45) is 5.46. The highest BCUT2D eigenvalue weighted by Crippen LogP contribution is 2.19. The maximum Gasteiger partial charge on any atom is 0.130 e. The fourth-order valence-corrected chi connectivity index (χ4v) is 1.19. The topological polar surface area (TPSA) is 26.0 Å². The van der Waals surface area contributed by atoms with Crippen LogP contribution >= 0.6 is 0 Å². The molecule has 0 aliphatic heterocycles. The highest BCUT2D eigenvalue weighted by molar-refractivity contribution is 5.28. The lowest BCUT2D eigenvalue weighted by atomic mass is 10.0. The van der Waals surface area contributed by atoms with Gasteiger partial charge in [-0.1, -0.05) is 18.2 Å². The van der Waals surface area contributed by atoms with Gasteiger partial charge in [0.1, 0.15) is 5.82 Å². The van der Waals surface area contributed by atoms with Gasteiger partial charge in [-0.3, -0.25) is 0 Å². The summed E-state index contributed by atoms with van der Waals surface area (Å²) in [5.41, 5.74) is 6.79. The molecular weight excluding hydrogens is 165 g/mol. The van der Waals surface area contributed by atoms with E-state index in [1.54, 1.807) is 25.1 Å². The Labute approximate surface area is 77.8 Å². The summed E-state index contributed by atoms with van der Waals surface area (Å²) < 4.78 is 13.4. The minimum atomic E-state index is -0.398. The van der Waals surface area contributed by atoms with E-state index < -0.39 is 6.04 Å². The van der Waals surface area contributed by atoms with Crippen LogP contribution in [0.4, 0.5) is 4.39 Å². The van der Waals surface area contributed by atoms with Crippen LogP contribution in [0.25, 0.3) is 0 Å². The third kappa shape index (κ3) is 2.07. The van der Waals surface area contributed by atoms with Crippen molar-refractivity contribution < 1.29 is 4.39 Å². The third-order valence-corrected chi connectivity index (χ3v) is 1.96. The van der Waals surface area contributed by atoms with Crippen molar-refractivity contribution in [1.82, 2.24) is 0 Å². The predicted octanol–water partition coefficient (Wildman–Crippen LogP) is 2.16. The van der Waals surface area contributed by atoms with Crippen LogP contribution in [0.2, 0.25) is 0 Å². The number of nitrogens with two attached hydrogens (primary N) is 1. The van der Waals surface area contributed by atoms with Gasteiger partial charge < -0.3 is 5.73 Å². The molecule has 0 saturated carbocycles. The largest absolute Gasteiger partial charge is 0.323 e. The van der Waals surface area contributed by atoms with E-state index in [2.05, 4.69) is 5.92 Å². The summed E-state index contributed by atoms with van der Waals surface area (Å²) in [5.74, 6) is 2.18. The van der Waals surface area contributed by atoms with Gasteiger partial charge in [0.25, 0.3) is 0 Å². The van der Waals surface area contributed by atoms with Crippen LogP contribution in [0.3, 0.4) is 0 Å². The molecule has 0 aliphatic carbocycles. The van der Waals surface area contributed by atoms with E-state index in [9.17, 15) is 4.39 Å². The fraction of sp³-hybridized carbons (Fsp3) is 0.273. The minimum absolute atomic E-state index is 0.245. The first-order valence-electron chi connectivity index (χ1n) is 4.11. The molecule has 0 aliphatic rings. The van der Waals surface area contributed by atoms with Gasteiger partial charge in [-0.25, -0.2) is 4.39 Å². The van der Waals surface area contributed by atoms with Crippen molar-refractivity contribution in [3.63, 3.8) is 0 Å². The monoisotopic (exact) mass is 177 g/mol. The van der Waals surface area contributed by atoms with Crippen LogP contribution in [0.15, 0.2) is 18.2 Å². The molecule has 1 atom stereocenters. The molecule has 1 aromatic rings. The first-order chi connectivity index (χ1) is 6.16. The molecule has 2 N–H and O–H groups in total. The number of hydrogen-bond donors (Lipinski definition) is 1. The van der Waals surface area contributed by atoms with E-state index in [4.69, 9.17) is 12.2 Å². The highest BCUT2D eigenvalue weighted by Gasteiger charge is 2.10. The summed E-state index contributed by atoms with van der Waals surface area (Å²) in [4.78, 5) is 0. The Morgan fingerprint density at radius 1 is 1.62 bits per heavy atom. The lowest BCUT2D eigenvalue weighted by Gasteiger charge is -2.10.